The number of esters is 1. The zero-order valence-corrected chi connectivity index (χ0v) is 14.5. The van der Waals surface area contributed by atoms with Crippen molar-refractivity contribution in [3.05, 3.63) is 0 Å². The third-order valence-electron chi connectivity index (χ3n) is 3.20. The molecular weight excluding hydrogens is 252 g/mol. The largest absolute Gasteiger partial charge is 0.465 e. The van der Waals surface area contributed by atoms with E-state index >= 15 is 0 Å². The summed E-state index contributed by atoms with van der Waals surface area (Å²) in [5.74, 6) is 0.802. The van der Waals surface area contributed by atoms with E-state index in [2.05, 4.69) is 37.9 Å². The molecule has 0 radical (unpaired) electrons. The Morgan fingerprint density at radius 2 is 1.65 bits per heavy atom. The van der Waals surface area contributed by atoms with Gasteiger partial charge in [-0.3, -0.25) is 4.79 Å². The van der Waals surface area contributed by atoms with E-state index in [9.17, 15) is 4.79 Å². The number of nitrogens with one attached hydrogen (secondary N) is 1. The summed E-state index contributed by atoms with van der Waals surface area (Å²) in [6.07, 6.45) is 1.63. The van der Waals surface area contributed by atoms with Gasteiger partial charge in [0, 0.05) is 13.1 Å². The standard InChI is InChI=1S/C16H34N2O2/c1-8-20-15(19)16(11-13(2)3,12-14(4)5)17-9-10-18(6)7/h13-14,17H,8-12H2,1-7H3. The van der Waals surface area contributed by atoms with E-state index in [1.54, 1.807) is 0 Å². The van der Waals surface area contributed by atoms with Crippen LogP contribution in [0.4, 0.5) is 0 Å². The summed E-state index contributed by atoms with van der Waals surface area (Å²) in [6, 6.07) is 0. The van der Waals surface area contributed by atoms with Crippen LogP contribution >= 0.6 is 0 Å². The molecule has 0 saturated carbocycles. The Morgan fingerprint density at radius 1 is 1.15 bits per heavy atom. The van der Waals surface area contributed by atoms with E-state index in [0.29, 0.717) is 18.4 Å². The average Bonchev–Trinajstić information content (AvgIpc) is 2.26. The van der Waals surface area contributed by atoms with Gasteiger partial charge in [-0.1, -0.05) is 27.7 Å². The van der Waals surface area contributed by atoms with Gasteiger partial charge in [0.1, 0.15) is 5.54 Å². The fraction of sp³-hybridized carbons (Fsp3) is 0.938. The minimum Gasteiger partial charge on any atom is -0.465 e. The molecule has 1 N–H and O–H groups in total. The van der Waals surface area contributed by atoms with Crippen molar-refractivity contribution in [1.29, 1.82) is 0 Å². The smallest absolute Gasteiger partial charge is 0.326 e. The summed E-state index contributed by atoms with van der Waals surface area (Å²) >= 11 is 0. The predicted molar refractivity (Wildman–Crippen MR) is 84.8 cm³/mol. The van der Waals surface area contributed by atoms with Gasteiger partial charge in [-0.05, 0) is 45.7 Å². The molecule has 0 bridgehead atoms. The van der Waals surface area contributed by atoms with Crippen LogP contribution in [0.5, 0.6) is 0 Å². The molecule has 0 rings (SSSR count). The van der Waals surface area contributed by atoms with Crippen LogP contribution in [0.1, 0.15) is 47.5 Å². The second-order valence-corrected chi connectivity index (χ2v) is 6.73. The maximum Gasteiger partial charge on any atom is 0.326 e. The van der Waals surface area contributed by atoms with Gasteiger partial charge in [-0.2, -0.15) is 0 Å². The molecule has 4 nitrogen and oxygen atoms in total. The highest BCUT2D eigenvalue weighted by Gasteiger charge is 2.40. The van der Waals surface area contributed by atoms with Crippen LogP contribution in [-0.4, -0.2) is 50.2 Å². The molecule has 0 heterocycles. The molecule has 0 aliphatic carbocycles. The van der Waals surface area contributed by atoms with Crippen molar-refractivity contribution in [1.82, 2.24) is 10.2 Å². The van der Waals surface area contributed by atoms with Gasteiger partial charge in [0.25, 0.3) is 0 Å². The number of hydrogen-bond acceptors (Lipinski definition) is 4. The van der Waals surface area contributed by atoms with E-state index in [1.807, 2.05) is 21.0 Å². The summed E-state index contributed by atoms with van der Waals surface area (Å²) in [5, 5.41) is 3.50. The Balaban J connectivity index is 5.03. The minimum atomic E-state index is -0.547. The second kappa shape index (κ2) is 9.35. The van der Waals surface area contributed by atoms with Crippen LogP contribution in [0.3, 0.4) is 0 Å². The summed E-state index contributed by atoms with van der Waals surface area (Å²) < 4.78 is 5.35. The number of carbonyl (C=O) groups is 1. The van der Waals surface area contributed by atoms with Crippen molar-refractivity contribution in [2.45, 2.75) is 53.0 Å². The maximum atomic E-state index is 12.5. The van der Waals surface area contributed by atoms with Crippen molar-refractivity contribution in [2.75, 3.05) is 33.8 Å². The first kappa shape index (κ1) is 19.4. The second-order valence-electron chi connectivity index (χ2n) is 6.73. The van der Waals surface area contributed by atoms with Crippen molar-refractivity contribution < 1.29 is 9.53 Å². The third kappa shape index (κ3) is 7.25. The maximum absolute atomic E-state index is 12.5. The molecule has 20 heavy (non-hydrogen) atoms. The van der Waals surface area contributed by atoms with Crippen molar-refractivity contribution in [2.24, 2.45) is 11.8 Å². The van der Waals surface area contributed by atoms with Crippen LogP contribution in [0.2, 0.25) is 0 Å². The van der Waals surface area contributed by atoms with Crippen LogP contribution in [0, 0.1) is 11.8 Å². The molecule has 0 saturated heterocycles. The van der Waals surface area contributed by atoms with Crippen molar-refractivity contribution in [3.63, 3.8) is 0 Å². The zero-order chi connectivity index (χ0) is 15.8. The Kier molecular flexibility index (Phi) is 9.06. The lowest BCUT2D eigenvalue weighted by Gasteiger charge is -2.36. The van der Waals surface area contributed by atoms with Crippen LogP contribution in [-0.2, 0) is 9.53 Å². The van der Waals surface area contributed by atoms with E-state index in [1.165, 1.54) is 0 Å². The summed E-state index contributed by atoms with van der Waals surface area (Å²) in [6.45, 7) is 12.6. The lowest BCUT2D eigenvalue weighted by molar-refractivity contribution is -0.153. The molecule has 0 fully saturated rings. The van der Waals surface area contributed by atoms with Crippen LogP contribution in [0.15, 0.2) is 0 Å². The number of likely N-dealkylation sites (N-methyl/N-ethyl adjacent to an activating group) is 1. The number of carbonyl (C=O) groups excluding carboxylic acids is 1. The zero-order valence-electron chi connectivity index (χ0n) is 14.5. The molecule has 4 heteroatoms. The van der Waals surface area contributed by atoms with E-state index in [0.717, 1.165) is 25.9 Å². The van der Waals surface area contributed by atoms with E-state index in [4.69, 9.17) is 4.74 Å². The molecule has 0 amide bonds. The Labute approximate surface area is 125 Å². The van der Waals surface area contributed by atoms with Gasteiger partial charge >= 0.3 is 5.97 Å². The summed E-state index contributed by atoms with van der Waals surface area (Å²) in [5.41, 5.74) is -0.547. The lowest BCUT2D eigenvalue weighted by atomic mass is 9.81. The minimum absolute atomic E-state index is 0.0962. The van der Waals surface area contributed by atoms with E-state index in [-0.39, 0.29) is 5.97 Å². The number of rotatable bonds is 10. The van der Waals surface area contributed by atoms with Gasteiger partial charge in [-0.25, -0.2) is 0 Å². The van der Waals surface area contributed by atoms with Gasteiger partial charge in [0.15, 0.2) is 0 Å². The molecule has 0 aromatic rings. The summed E-state index contributed by atoms with van der Waals surface area (Å²) in [7, 11) is 4.08. The van der Waals surface area contributed by atoms with Crippen LogP contribution in [0.25, 0.3) is 0 Å². The van der Waals surface area contributed by atoms with Crippen LogP contribution < -0.4 is 5.32 Å². The van der Waals surface area contributed by atoms with Gasteiger partial charge in [0.05, 0.1) is 6.61 Å². The first-order chi connectivity index (χ1) is 9.23. The van der Waals surface area contributed by atoms with Gasteiger partial charge in [-0.15, -0.1) is 0 Å². The molecule has 0 aliphatic rings. The Bertz CT molecular complexity index is 266. The topological polar surface area (TPSA) is 41.6 Å². The Morgan fingerprint density at radius 3 is 2.00 bits per heavy atom. The molecule has 0 aromatic heterocycles. The average molecular weight is 286 g/mol. The molecule has 0 atom stereocenters. The highest BCUT2D eigenvalue weighted by molar-refractivity contribution is 5.81. The number of hydrogen-bond donors (Lipinski definition) is 1. The monoisotopic (exact) mass is 286 g/mol. The third-order valence-corrected chi connectivity index (χ3v) is 3.20. The quantitative estimate of drug-likeness (QED) is 0.627. The number of nitrogens with zero attached hydrogens (tertiary/aromatic N) is 1. The fourth-order valence-electron chi connectivity index (χ4n) is 2.65. The molecule has 120 valence electrons. The number of ether oxygens (including phenoxy) is 1. The molecule has 0 unspecified atom stereocenters. The molecule has 0 aliphatic heterocycles. The van der Waals surface area contributed by atoms with Gasteiger partial charge < -0.3 is 15.0 Å². The molecule has 0 spiro atoms. The fourth-order valence-corrected chi connectivity index (χ4v) is 2.65. The summed E-state index contributed by atoms with van der Waals surface area (Å²) in [4.78, 5) is 14.6. The normalized spacial score (nSPS) is 12.5. The van der Waals surface area contributed by atoms with Gasteiger partial charge in [0.2, 0.25) is 0 Å². The molecule has 0 aromatic carbocycles. The first-order valence-electron chi connectivity index (χ1n) is 7.80. The van der Waals surface area contributed by atoms with Crippen molar-refractivity contribution in [3.8, 4) is 0 Å². The highest BCUT2D eigenvalue weighted by atomic mass is 16.5. The highest BCUT2D eigenvalue weighted by Crippen LogP contribution is 2.26. The van der Waals surface area contributed by atoms with E-state index < -0.39 is 5.54 Å². The first-order valence-corrected chi connectivity index (χ1v) is 7.80. The Hall–Kier alpha value is -0.610. The molecular formula is C16H34N2O2. The van der Waals surface area contributed by atoms with Crippen molar-refractivity contribution >= 4 is 5.97 Å². The predicted octanol–water partition coefficient (Wildman–Crippen LogP) is 2.53. The SMILES string of the molecule is CCOC(=O)C(CC(C)C)(CC(C)C)NCCN(C)C. The lowest BCUT2D eigenvalue weighted by Crippen LogP contribution is -2.56.